The average Bonchev–Trinajstić information content (AvgIpc) is 3.06. The van der Waals surface area contributed by atoms with Gasteiger partial charge in [-0.15, -0.1) is 0 Å². The minimum Gasteiger partial charge on any atom is -0.375 e. The normalized spacial score (nSPS) is 10.8. The van der Waals surface area contributed by atoms with Gasteiger partial charge >= 0.3 is 0 Å². The van der Waals surface area contributed by atoms with E-state index < -0.39 is 0 Å². The van der Waals surface area contributed by atoms with E-state index in [2.05, 4.69) is 26.0 Å². The molecule has 0 spiro atoms. The number of rotatable bonds is 8. The molecule has 0 fully saturated rings. The highest BCUT2D eigenvalue weighted by Crippen LogP contribution is 2.28. The van der Waals surface area contributed by atoms with Crippen LogP contribution in [-0.4, -0.2) is 46.7 Å². The summed E-state index contributed by atoms with van der Waals surface area (Å²) >= 11 is 0. The summed E-state index contributed by atoms with van der Waals surface area (Å²) in [6, 6.07) is 5.55. The zero-order valence-corrected chi connectivity index (χ0v) is 17.6. The number of hydrogen-bond donors (Lipinski definition) is 3. The molecule has 0 bridgehead atoms. The minimum atomic E-state index is -0.234. The first-order chi connectivity index (χ1) is 14.4. The summed E-state index contributed by atoms with van der Waals surface area (Å²) in [5.74, 6) is 0.201. The van der Waals surface area contributed by atoms with Crippen LogP contribution in [0.2, 0.25) is 0 Å². The van der Waals surface area contributed by atoms with Crippen LogP contribution in [0, 0.1) is 13.8 Å². The number of nitrogens with zero attached hydrogens (tertiary/aromatic N) is 3. The van der Waals surface area contributed by atoms with Crippen molar-refractivity contribution in [2.45, 2.75) is 27.2 Å². The number of benzene rings is 1. The molecule has 0 saturated heterocycles. The lowest BCUT2D eigenvalue weighted by molar-refractivity contribution is -0.119. The maximum absolute atomic E-state index is 12.5. The number of anilines is 3. The van der Waals surface area contributed by atoms with Gasteiger partial charge in [0, 0.05) is 31.2 Å². The van der Waals surface area contributed by atoms with Crippen molar-refractivity contribution in [2.75, 3.05) is 30.9 Å². The Hall–Kier alpha value is -3.46. The smallest absolute Gasteiger partial charge is 0.253 e. The van der Waals surface area contributed by atoms with E-state index in [1.165, 1.54) is 13.4 Å². The number of ether oxygens (including phenoxy) is 1. The SMILES string of the molecule is CCCNC(=O)c1cn2ncnc(Nc3cc(NC(=O)COC)ccc3C)c2c1C. The molecule has 0 aliphatic heterocycles. The fraction of sp³-hybridized carbons (Fsp3) is 0.333. The third-order valence-corrected chi connectivity index (χ3v) is 4.66. The summed E-state index contributed by atoms with van der Waals surface area (Å²) in [5, 5.41) is 13.2. The van der Waals surface area contributed by atoms with E-state index in [4.69, 9.17) is 4.74 Å². The number of aromatic nitrogens is 3. The Morgan fingerprint density at radius 3 is 2.77 bits per heavy atom. The number of carbonyl (C=O) groups is 2. The highest BCUT2D eigenvalue weighted by atomic mass is 16.5. The van der Waals surface area contributed by atoms with Crippen LogP contribution in [0.5, 0.6) is 0 Å². The highest BCUT2D eigenvalue weighted by molar-refractivity contribution is 5.99. The fourth-order valence-electron chi connectivity index (χ4n) is 3.10. The van der Waals surface area contributed by atoms with Crippen molar-refractivity contribution in [1.82, 2.24) is 19.9 Å². The molecule has 9 heteroatoms. The van der Waals surface area contributed by atoms with Crippen LogP contribution in [-0.2, 0) is 9.53 Å². The van der Waals surface area contributed by atoms with Gasteiger partial charge in [-0.1, -0.05) is 13.0 Å². The molecule has 2 heterocycles. The Bertz CT molecular complexity index is 1080. The summed E-state index contributed by atoms with van der Waals surface area (Å²) in [6.07, 6.45) is 4.00. The molecule has 1 aromatic carbocycles. The second-order valence-corrected chi connectivity index (χ2v) is 6.96. The van der Waals surface area contributed by atoms with Gasteiger partial charge in [0.05, 0.1) is 5.56 Å². The summed E-state index contributed by atoms with van der Waals surface area (Å²) in [5.41, 5.74) is 4.46. The topological polar surface area (TPSA) is 110 Å². The number of carbonyl (C=O) groups excluding carboxylic acids is 2. The van der Waals surface area contributed by atoms with Gasteiger partial charge in [-0.25, -0.2) is 9.50 Å². The number of methoxy groups -OCH3 is 1. The molecule has 30 heavy (non-hydrogen) atoms. The van der Waals surface area contributed by atoms with Crippen LogP contribution in [0.3, 0.4) is 0 Å². The van der Waals surface area contributed by atoms with Gasteiger partial charge in [0.1, 0.15) is 18.5 Å². The van der Waals surface area contributed by atoms with E-state index in [0.29, 0.717) is 29.1 Å². The van der Waals surface area contributed by atoms with Crippen LogP contribution in [0.4, 0.5) is 17.2 Å². The lowest BCUT2D eigenvalue weighted by atomic mass is 10.1. The molecule has 9 nitrogen and oxygen atoms in total. The van der Waals surface area contributed by atoms with E-state index in [9.17, 15) is 9.59 Å². The minimum absolute atomic E-state index is 0.0185. The maximum Gasteiger partial charge on any atom is 0.253 e. The third kappa shape index (κ3) is 4.57. The Kier molecular flexibility index (Phi) is 6.63. The van der Waals surface area contributed by atoms with E-state index in [1.54, 1.807) is 10.7 Å². The number of nitrogens with one attached hydrogen (secondary N) is 3. The van der Waals surface area contributed by atoms with Gasteiger partial charge in [0.25, 0.3) is 5.91 Å². The lowest BCUT2D eigenvalue weighted by Crippen LogP contribution is -2.24. The van der Waals surface area contributed by atoms with E-state index in [0.717, 1.165) is 23.2 Å². The Labute approximate surface area is 174 Å². The molecule has 0 aliphatic rings. The van der Waals surface area contributed by atoms with Crippen molar-refractivity contribution < 1.29 is 14.3 Å². The number of hydrogen-bond acceptors (Lipinski definition) is 6. The predicted octanol–water partition coefficient (Wildman–Crippen LogP) is 2.81. The van der Waals surface area contributed by atoms with E-state index >= 15 is 0 Å². The van der Waals surface area contributed by atoms with Gasteiger partial charge in [0.15, 0.2) is 5.82 Å². The molecule has 0 saturated carbocycles. The van der Waals surface area contributed by atoms with Gasteiger partial charge in [0.2, 0.25) is 5.91 Å². The van der Waals surface area contributed by atoms with Crippen molar-refractivity contribution in [3.05, 3.63) is 47.4 Å². The van der Waals surface area contributed by atoms with E-state index in [1.807, 2.05) is 39.0 Å². The van der Waals surface area contributed by atoms with Gasteiger partial charge in [-0.05, 0) is 43.5 Å². The summed E-state index contributed by atoms with van der Waals surface area (Å²) in [6.45, 7) is 6.43. The zero-order valence-electron chi connectivity index (χ0n) is 17.6. The molecule has 0 radical (unpaired) electrons. The van der Waals surface area contributed by atoms with Gasteiger partial charge in [-0.3, -0.25) is 9.59 Å². The van der Waals surface area contributed by atoms with Crippen molar-refractivity contribution in [3.8, 4) is 0 Å². The Balaban J connectivity index is 1.93. The van der Waals surface area contributed by atoms with Crippen LogP contribution in [0.25, 0.3) is 5.52 Å². The molecular weight excluding hydrogens is 384 g/mol. The van der Waals surface area contributed by atoms with Gasteiger partial charge < -0.3 is 20.7 Å². The molecule has 0 unspecified atom stereocenters. The number of aryl methyl sites for hydroxylation is 2. The quantitative estimate of drug-likeness (QED) is 0.527. The van der Waals surface area contributed by atoms with Crippen LogP contribution in [0.1, 0.15) is 34.8 Å². The first kappa shape index (κ1) is 21.3. The second-order valence-electron chi connectivity index (χ2n) is 6.96. The number of fused-ring (bicyclic) bond motifs is 1. The molecule has 3 N–H and O–H groups in total. The standard InChI is InChI=1S/C21H26N6O3/c1-5-8-22-21(29)16-10-27-19(14(16)3)20(23-12-24-27)26-17-9-15(7-6-13(17)2)25-18(28)11-30-4/h6-7,9-10,12H,5,8,11H2,1-4H3,(H,22,29)(H,25,28)(H,23,24,26). The molecule has 158 valence electrons. The lowest BCUT2D eigenvalue weighted by Gasteiger charge is -2.13. The van der Waals surface area contributed by atoms with Gasteiger partial charge in [-0.2, -0.15) is 5.10 Å². The Morgan fingerprint density at radius 2 is 2.03 bits per heavy atom. The second kappa shape index (κ2) is 9.36. The first-order valence-electron chi connectivity index (χ1n) is 9.72. The molecule has 3 aromatic rings. The van der Waals surface area contributed by atoms with Crippen LogP contribution in [0.15, 0.2) is 30.7 Å². The molecule has 2 amide bonds. The highest BCUT2D eigenvalue weighted by Gasteiger charge is 2.18. The third-order valence-electron chi connectivity index (χ3n) is 4.66. The van der Waals surface area contributed by atoms with E-state index in [-0.39, 0.29) is 18.4 Å². The molecular formula is C21H26N6O3. The zero-order chi connectivity index (χ0) is 21.7. The average molecular weight is 410 g/mol. The largest absolute Gasteiger partial charge is 0.375 e. The van der Waals surface area contributed by atoms with Crippen molar-refractivity contribution in [3.63, 3.8) is 0 Å². The molecule has 0 atom stereocenters. The molecule has 2 aromatic heterocycles. The summed E-state index contributed by atoms with van der Waals surface area (Å²) < 4.78 is 6.50. The monoisotopic (exact) mass is 410 g/mol. The molecule has 3 rings (SSSR count). The predicted molar refractivity (Wildman–Crippen MR) is 115 cm³/mol. The summed E-state index contributed by atoms with van der Waals surface area (Å²) in [7, 11) is 1.47. The Morgan fingerprint density at radius 1 is 1.23 bits per heavy atom. The van der Waals surface area contributed by atoms with Crippen LogP contribution >= 0.6 is 0 Å². The van der Waals surface area contributed by atoms with Crippen molar-refractivity contribution in [2.24, 2.45) is 0 Å². The first-order valence-corrected chi connectivity index (χ1v) is 9.72. The summed E-state index contributed by atoms with van der Waals surface area (Å²) in [4.78, 5) is 28.7. The van der Waals surface area contributed by atoms with Crippen LogP contribution < -0.4 is 16.0 Å². The van der Waals surface area contributed by atoms with Crippen molar-refractivity contribution >= 4 is 34.5 Å². The maximum atomic E-state index is 12.5. The fourth-order valence-corrected chi connectivity index (χ4v) is 3.10. The number of amides is 2. The van der Waals surface area contributed by atoms with Crippen molar-refractivity contribution in [1.29, 1.82) is 0 Å². The molecule has 0 aliphatic carbocycles.